The summed E-state index contributed by atoms with van der Waals surface area (Å²) in [7, 11) is 0. The van der Waals surface area contributed by atoms with Crippen LogP contribution in [0, 0.1) is 6.92 Å². The number of esters is 1. The molecule has 2 aromatic carbocycles. The zero-order chi connectivity index (χ0) is 23.5. The van der Waals surface area contributed by atoms with Gasteiger partial charge >= 0.3 is 11.7 Å². The Balaban J connectivity index is 1.88. The maximum Gasteiger partial charge on any atom is 0.350 e. The summed E-state index contributed by atoms with van der Waals surface area (Å²) in [6, 6.07) is 13.3. The number of aryl methyl sites for hydroxylation is 1. The third kappa shape index (κ3) is 5.55. The molecule has 1 aromatic heterocycles. The van der Waals surface area contributed by atoms with Crippen molar-refractivity contribution in [1.82, 2.24) is 14.3 Å². The fraction of sp³-hybridized carbons (Fsp3) is 0.375. The van der Waals surface area contributed by atoms with Crippen LogP contribution in [0.2, 0.25) is 0 Å². The lowest BCUT2D eigenvalue weighted by molar-refractivity contribution is 0.00683. The molecule has 3 aromatic rings. The van der Waals surface area contributed by atoms with E-state index in [9.17, 15) is 9.59 Å². The first-order chi connectivity index (χ1) is 15.1. The lowest BCUT2D eigenvalue weighted by Crippen LogP contribution is -2.25. The van der Waals surface area contributed by atoms with Gasteiger partial charge in [-0.1, -0.05) is 30.3 Å². The highest BCUT2D eigenvalue weighted by Gasteiger charge is 2.22. The van der Waals surface area contributed by atoms with Gasteiger partial charge in [-0.25, -0.2) is 9.59 Å². The molecule has 7 nitrogen and oxygen atoms in total. The lowest BCUT2D eigenvalue weighted by Gasteiger charge is -2.20. The average molecular weight is 502 g/mol. The Kier molecular flexibility index (Phi) is 7.36. The highest BCUT2D eigenvalue weighted by molar-refractivity contribution is 9.10. The number of carbonyl (C=O) groups is 1. The normalized spacial score (nSPS) is 11.6. The Morgan fingerprint density at radius 2 is 1.81 bits per heavy atom. The molecule has 8 heteroatoms. The molecule has 170 valence electrons. The molecular formula is C24H28BrN3O4. The number of hydrogen-bond donors (Lipinski definition) is 0. The van der Waals surface area contributed by atoms with Gasteiger partial charge in [-0.2, -0.15) is 4.68 Å². The molecule has 32 heavy (non-hydrogen) atoms. The largest absolute Gasteiger partial charge is 0.456 e. The predicted octanol–water partition coefficient (Wildman–Crippen LogP) is 4.80. The van der Waals surface area contributed by atoms with Crippen LogP contribution in [0.4, 0.5) is 0 Å². The highest BCUT2D eigenvalue weighted by Crippen LogP contribution is 2.26. The molecule has 0 radical (unpaired) electrons. The molecule has 0 saturated heterocycles. The van der Waals surface area contributed by atoms with Crippen LogP contribution in [0.5, 0.6) is 0 Å². The molecule has 0 bridgehead atoms. The van der Waals surface area contributed by atoms with Gasteiger partial charge in [0.05, 0.1) is 17.9 Å². The summed E-state index contributed by atoms with van der Waals surface area (Å²) < 4.78 is 14.7. The number of ether oxygens (including phenoxy) is 2. The Morgan fingerprint density at radius 1 is 1.12 bits per heavy atom. The van der Waals surface area contributed by atoms with Crippen molar-refractivity contribution < 1.29 is 14.3 Å². The Bertz CT molecular complexity index is 1160. The monoisotopic (exact) mass is 501 g/mol. The van der Waals surface area contributed by atoms with Gasteiger partial charge in [-0.05, 0) is 73.8 Å². The smallest absolute Gasteiger partial charge is 0.350 e. The van der Waals surface area contributed by atoms with Crippen molar-refractivity contribution in [3.8, 4) is 5.69 Å². The minimum absolute atomic E-state index is 0.210. The van der Waals surface area contributed by atoms with Gasteiger partial charge in [0.1, 0.15) is 12.2 Å². The van der Waals surface area contributed by atoms with Crippen molar-refractivity contribution in [2.75, 3.05) is 0 Å². The molecule has 0 saturated carbocycles. The van der Waals surface area contributed by atoms with Crippen molar-refractivity contribution in [3.63, 3.8) is 0 Å². The second-order valence-corrected chi connectivity index (χ2v) is 9.31. The van der Waals surface area contributed by atoms with E-state index in [1.807, 2.05) is 65.0 Å². The van der Waals surface area contributed by atoms with Crippen LogP contribution in [-0.2, 0) is 29.2 Å². The van der Waals surface area contributed by atoms with Crippen LogP contribution in [0.15, 0.2) is 51.7 Å². The van der Waals surface area contributed by atoms with E-state index in [-0.39, 0.29) is 12.3 Å². The van der Waals surface area contributed by atoms with Gasteiger partial charge in [0, 0.05) is 11.0 Å². The second-order valence-electron chi connectivity index (χ2n) is 8.45. The standard InChI is InChI=1S/C24H28BrN3O4/c1-6-27-21(15-31-14-17-10-8-7-9-11-17)26-28(23(27)30)20-13-19(25)18(12-16(20)2)22(29)32-24(3,4)5/h7-13H,6,14-15H2,1-5H3. The van der Waals surface area contributed by atoms with Crippen LogP contribution in [0.3, 0.4) is 0 Å². The first kappa shape index (κ1) is 23.9. The van der Waals surface area contributed by atoms with Crippen LogP contribution in [0.1, 0.15) is 55.0 Å². The first-order valence-electron chi connectivity index (χ1n) is 10.4. The summed E-state index contributed by atoms with van der Waals surface area (Å²) in [5, 5.41) is 4.52. The van der Waals surface area contributed by atoms with E-state index in [4.69, 9.17) is 9.47 Å². The van der Waals surface area contributed by atoms with Crippen molar-refractivity contribution >= 4 is 21.9 Å². The molecule has 0 aliphatic rings. The second kappa shape index (κ2) is 9.83. The Labute approximate surface area is 196 Å². The van der Waals surface area contributed by atoms with E-state index in [2.05, 4.69) is 21.0 Å². The summed E-state index contributed by atoms with van der Waals surface area (Å²) in [6.45, 7) is 10.3. The molecular weight excluding hydrogens is 474 g/mol. The van der Waals surface area contributed by atoms with Gasteiger partial charge < -0.3 is 9.47 Å². The maximum absolute atomic E-state index is 13.0. The molecule has 0 aliphatic heterocycles. The van der Waals surface area contributed by atoms with Crippen LogP contribution in [-0.4, -0.2) is 25.9 Å². The van der Waals surface area contributed by atoms with E-state index in [0.717, 1.165) is 11.1 Å². The van der Waals surface area contributed by atoms with E-state index in [1.54, 1.807) is 16.7 Å². The third-order valence-corrected chi connectivity index (χ3v) is 5.39. The van der Waals surface area contributed by atoms with E-state index in [0.29, 0.717) is 34.7 Å². The number of hydrogen-bond acceptors (Lipinski definition) is 5. The van der Waals surface area contributed by atoms with Crippen LogP contribution in [0.25, 0.3) is 5.69 Å². The quantitative estimate of drug-likeness (QED) is 0.434. The number of benzene rings is 2. The van der Waals surface area contributed by atoms with Crippen LogP contribution >= 0.6 is 15.9 Å². The van der Waals surface area contributed by atoms with E-state index < -0.39 is 11.6 Å². The predicted molar refractivity (Wildman–Crippen MR) is 126 cm³/mol. The highest BCUT2D eigenvalue weighted by atomic mass is 79.9. The molecule has 3 rings (SSSR count). The lowest BCUT2D eigenvalue weighted by atomic mass is 10.1. The third-order valence-electron chi connectivity index (χ3n) is 4.73. The minimum Gasteiger partial charge on any atom is -0.456 e. The summed E-state index contributed by atoms with van der Waals surface area (Å²) in [4.78, 5) is 25.6. The van der Waals surface area contributed by atoms with Gasteiger partial charge in [0.15, 0.2) is 5.82 Å². The summed E-state index contributed by atoms with van der Waals surface area (Å²) in [6.07, 6.45) is 0. The number of halogens is 1. The number of aromatic nitrogens is 3. The van der Waals surface area contributed by atoms with E-state index >= 15 is 0 Å². The Hall–Kier alpha value is -2.71. The number of nitrogens with zero attached hydrogens (tertiary/aromatic N) is 3. The Morgan fingerprint density at radius 3 is 2.44 bits per heavy atom. The number of carbonyl (C=O) groups excluding carboxylic acids is 1. The molecule has 0 amide bonds. The average Bonchev–Trinajstić information content (AvgIpc) is 3.04. The van der Waals surface area contributed by atoms with Gasteiger partial charge in [0.25, 0.3) is 0 Å². The topological polar surface area (TPSA) is 75.3 Å². The molecule has 0 N–H and O–H groups in total. The SMILES string of the molecule is CCn1c(COCc2ccccc2)nn(-c2cc(Br)c(C(=O)OC(C)(C)C)cc2C)c1=O. The molecule has 0 fully saturated rings. The summed E-state index contributed by atoms with van der Waals surface area (Å²) >= 11 is 3.45. The minimum atomic E-state index is -0.603. The van der Waals surface area contributed by atoms with Gasteiger partial charge in [-0.3, -0.25) is 4.57 Å². The van der Waals surface area contributed by atoms with Gasteiger partial charge in [-0.15, -0.1) is 5.10 Å². The molecule has 1 heterocycles. The fourth-order valence-electron chi connectivity index (χ4n) is 3.24. The molecule has 0 aliphatic carbocycles. The summed E-state index contributed by atoms with van der Waals surface area (Å²) in [5.74, 6) is 0.112. The first-order valence-corrected chi connectivity index (χ1v) is 11.2. The summed E-state index contributed by atoms with van der Waals surface area (Å²) in [5.41, 5.74) is 1.91. The fourth-order valence-corrected chi connectivity index (χ4v) is 3.73. The number of rotatable bonds is 7. The van der Waals surface area contributed by atoms with Crippen molar-refractivity contribution in [2.24, 2.45) is 0 Å². The maximum atomic E-state index is 13.0. The van der Waals surface area contributed by atoms with E-state index in [1.165, 1.54) is 4.68 Å². The zero-order valence-electron chi connectivity index (χ0n) is 19.0. The van der Waals surface area contributed by atoms with Crippen LogP contribution < -0.4 is 5.69 Å². The van der Waals surface area contributed by atoms with Gasteiger partial charge in [0.2, 0.25) is 0 Å². The molecule has 0 unspecified atom stereocenters. The molecule has 0 atom stereocenters. The zero-order valence-corrected chi connectivity index (χ0v) is 20.6. The molecule has 0 spiro atoms. The van der Waals surface area contributed by atoms with Crippen molar-refractivity contribution in [2.45, 2.75) is 60.0 Å². The van der Waals surface area contributed by atoms with Crippen molar-refractivity contribution in [1.29, 1.82) is 0 Å². The van der Waals surface area contributed by atoms with Crippen molar-refractivity contribution in [3.05, 3.63) is 79.9 Å².